The first-order valence-corrected chi connectivity index (χ1v) is 8.15. The van der Waals surface area contributed by atoms with Gasteiger partial charge in [0.05, 0.1) is 5.69 Å². The quantitative estimate of drug-likeness (QED) is 0.889. The number of carbonyl (C=O) groups is 2. The first kappa shape index (κ1) is 18.5. The summed E-state index contributed by atoms with van der Waals surface area (Å²) in [7, 11) is 1.87. The lowest BCUT2D eigenvalue weighted by Crippen LogP contribution is -2.46. The maximum atomic E-state index is 12.4. The Kier molecular flexibility index (Phi) is 6.45. The van der Waals surface area contributed by atoms with E-state index in [9.17, 15) is 9.59 Å². The number of piperidine rings is 1. The van der Waals surface area contributed by atoms with E-state index in [0.29, 0.717) is 24.8 Å². The van der Waals surface area contributed by atoms with E-state index >= 15 is 0 Å². The summed E-state index contributed by atoms with van der Waals surface area (Å²) in [5, 5.41) is 3.30. The third-order valence-corrected chi connectivity index (χ3v) is 4.61. The van der Waals surface area contributed by atoms with Gasteiger partial charge in [0.15, 0.2) is 6.61 Å². The van der Waals surface area contributed by atoms with Crippen molar-refractivity contribution in [2.45, 2.75) is 25.3 Å². The van der Waals surface area contributed by atoms with Crippen LogP contribution in [0.25, 0.3) is 0 Å². The van der Waals surface area contributed by atoms with Gasteiger partial charge < -0.3 is 19.9 Å². The number of halogens is 1. The number of fused-ring (bicyclic) bond motifs is 1. The van der Waals surface area contributed by atoms with Crippen molar-refractivity contribution in [2.75, 3.05) is 38.2 Å². The van der Waals surface area contributed by atoms with Gasteiger partial charge in [-0.1, -0.05) is 12.1 Å². The molecule has 0 unspecified atom stereocenters. The molecular formula is C17H24ClN3O3. The van der Waals surface area contributed by atoms with Gasteiger partial charge in [-0.25, -0.2) is 0 Å². The van der Waals surface area contributed by atoms with Crippen LogP contribution < -0.4 is 15.0 Å². The summed E-state index contributed by atoms with van der Waals surface area (Å²) in [6, 6.07) is 7.75. The van der Waals surface area contributed by atoms with Gasteiger partial charge >= 0.3 is 0 Å². The van der Waals surface area contributed by atoms with Crippen molar-refractivity contribution in [1.82, 2.24) is 10.2 Å². The number of nitrogens with zero attached hydrogens (tertiary/aromatic N) is 2. The number of hydrogen-bond donors (Lipinski definition) is 1. The number of nitrogens with one attached hydrogen (secondary N) is 1. The summed E-state index contributed by atoms with van der Waals surface area (Å²) >= 11 is 0. The number of carbonyl (C=O) groups excluding carboxylic acids is 2. The van der Waals surface area contributed by atoms with Gasteiger partial charge in [-0.2, -0.15) is 0 Å². The second kappa shape index (κ2) is 8.35. The highest BCUT2D eigenvalue weighted by Gasteiger charge is 2.27. The Bertz CT molecular complexity index is 590. The van der Waals surface area contributed by atoms with Crippen molar-refractivity contribution < 1.29 is 14.3 Å². The lowest BCUT2D eigenvalue weighted by atomic mass is 10.1. The second-order valence-electron chi connectivity index (χ2n) is 6.04. The molecule has 2 aliphatic rings. The number of para-hydroxylation sites is 2. The number of hydrogen-bond acceptors (Lipinski definition) is 4. The first-order valence-electron chi connectivity index (χ1n) is 8.15. The molecule has 3 rings (SSSR count). The molecule has 1 aromatic rings. The van der Waals surface area contributed by atoms with Crippen LogP contribution in [0.1, 0.15) is 19.3 Å². The average molecular weight is 354 g/mol. The molecule has 2 heterocycles. The predicted octanol–water partition coefficient (Wildman–Crippen LogP) is 1.43. The van der Waals surface area contributed by atoms with Crippen LogP contribution in [-0.4, -0.2) is 56.0 Å². The standard InChI is InChI=1S/C17H23N3O3.ClH/c1-19(13-6-9-18-10-7-13)16(21)8-11-20-14-4-2-3-5-15(14)23-12-17(20)22;/h2-5,13,18H,6-12H2,1H3;1H. The van der Waals surface area contributed by atoms with Crippen molar-refractivity contribution in [2.24, 2.45) is 0 Å². The van der Waals surface area contributed by atoms with Crippen LogP contribution >= 0.6 is 12.4 Å². The van der Waals surface area contributed by atoms with Gasteiger partial charge in [-0.3, -0.25) is 9.59 Å². The van der Waals surface area contributed by atoms with Gasteiger partial charge in [0, 0.05) is 26.1 Å². The Morgan fingerprint density at radius 2 is 2.04 bits per heavy atom. The molecule has 1 saturated heterocycles. The van der Waals surface area contributed by atoms with Crippen molar-refractivity contribution in [3.05, 3.63) is 24.3 Å². The SMILES string of the molecule is CN(C(=O)CCN1C(=O)COc2ccccc21)C1CCNCC1.Cl. The molecule has 0 spiro atoms. The summed E-state index contributed by atoms with van der Waals surface area (Å²) in [5.74, 6) is 0.695. The molecule has 0 aromatic heterocycles. The molecule has 0 aliphatic carbocycles. The van der Waals surface area contributed by atoms with Crippen molar-refractivity contribution in [3.8, 4) is 5.75 Å². The zero-order valence-electron chi connectivity index (χ0n) is 13.9. The monoisotopic (exact) mass is 353 g/mol. The lowest BCUT2D eigenvalue weighted by molar-refractivity contribution is -0.132. The van der Waals surface area contributed by atoms with E-state index in [1.54, 1.807) is 4.90 Å². The summed E-state index contributed by atoms with van der Waals surface area (Å²) in [6.45, 7) is 2.35. The molecule has 7 heteroatoms. The number of ether oxygens (including phenoxy) is 1. The Balaban J connectivity index is 0.00000208. The number of anilines is 1. The Morgan fingerprint density at radius 1 is 1.33 bits per heavy atom. The molecule has 0 saturated carbocycles. The third-order valence-electron chi connectivity index (χ3n) is 4.61. The molecular weight excluding hydrogens is 330 g/mol. The van der Waals surface area contributed by atoms with Crippen LogP contribution in [-0.2, 0) is 9.59 Å². The van der Waals surface area contributed by atoms with Gasteiger partial charge in [0.25, 0.3) is 5.91 Å². The Morgan fingerprint density at radius 3 is 2.79 bits per heavy atom. The summed E-state index contributed by atoms with van der Waals surface area (Å²) < 4.78 is 5.42. The molecule has 1 N–H and O–H groups in total. The minimum Gasteiger partial charge on any atom is -0.482 e. The highest BCUT2D eigenvalue weighted by molar-refractivity contribution is 5.98. The molecule has 0 radical (unpaired) electrons. The lowest BCUT2D eigenvalue weighted by Gasteiger charge is -2.33. The van der Waals surface area contributed by atoms with Crippen LogP contribution in [0.5, 0.6) is 5.75 Å². The maximum Gasteiger partial charge on any atom is 0.265 e. The zero-order chi connectivity index (χ0) is 16.2. The summed E-state index contributed by atoms with van der Waals surface area (Å²) in [5.41, 5.74) is 0.751. The normalized spacial score (nSPS) is 17.5. The van der Waals surface area contributed by atoms with Gasteiger partial charge in [-0.05, 0) is 38.1 Å². The van der Waals surface area contributed by atoms with Crippen LogP contribution in [0, 0.1) is 0 Å². The molecule has 24 heavy (non-hydrogen) atoms. The fourth-order valence-corrected chi connectivity index (χ4v) is 3.18. The smallest absolute Gasteiger partial charge is 0.265 e. The number of rotatable bonds is 4. The van der Waals surface area contributed by atoms with Crippen LogP contribution in [0.3, 0.4) is 0 Å². The fraction of sp³-hybridized carbons (Fsp3) is 0.529. The Hall–Kier alpha value is -1.79. The highest BCUT2D eigenvalue weighted by atomic mass is 35.5. The molecule has 2 aliphatic heterocycles. The first-order chi connectivity index (χ1) is 11.2. The zero-order valence-corrected chi connectivity index (χ0v) is 14.7. The maximum absolute atomic E-state index is 12.4. The van der Waals surface area contributed by atoms with E-state index in [0.717, 1.165) is 31.6 Å². The average Bonchev–Trinajstić information content (AvgIpc) is 2.60. The fourth-order valence-electron chi connectivity index (χ4n) is 3.18. The predicted molar refractivity (Wildman–Crippen MR) is 94.8 cm³/mol. The molecule has 6 nitrogen and oxygen atoms in total. The van der Waals surface area contributed by atoms with E-state index in [4.69, 9.17) is 4.74 Å². The minimum atomic E-state index is -0.0963. The minimum absolute atomic E-state index is 0. The van der Waals surface area contributed by atoms with Gasteiger partial charge in [-0.15, -0.1) is 12.4 Å². The van der Waals surface area contributed by atoms with Gasteiger partial charge in [0.2, 0.25) is 5.91 Å². The highest BCUT2D eigenvalue weighted by Crippen LogP contribution is 2.31. The van der Waals surface area contributed by atoms with E-state index in [-0.39, 0.29) is 30.8 Å². The van der Waals surface area contributed by atoms with Crippen molar-refractivity contribution >= 4 is 29.9 Å². The summed E-state index contributed by atoms with van der Waals surface area (Å²) in [4.78, 5) is 28.1. The number of benzene rings is 1. The molecule has 1 fully saturated rings. The molecule has 2 amide bonds. The van der Waals surface area contributed by atoms with Gasteiger partial charge in [0.1, 0.15) is 5.75 Å². The van der Waals surface area contributed by atoms with E-state index in [1.165, 1.54) is 0 Å². The molecule has 0 bridgehead atoms. The van der Waals surface area contributed by atoms with Crippen molar-refractivity contribution in [3.63, 3.8) is 0 Å². The topological polar surface area (TPSA) is 61.9 Å². The third kappa shape index (κ3) is 3.99. The molecule has 132 valence electrons. The molecule has 1 aromatic carbocycles. The van der Waals surface area contributed by atoms with E-state index in [2.05, 4.69) is 5.32 Å². The van der Waals surface area contributed by atoms with Crippen LogP contribution in [0.15, 0.2) is 24.3 Å². The van der Waals surface area contributed by atoms with Crippen molar-refractivity contribution in [1.29, 1.82) is 0 Å². The van der Waals surface area contributed by atoms with Crippen LogP contribution in [0.4, 0.5) is 5.69 Å². The second-order valence-corrected chi connectivity index (χ2v) is 6.04. The molecule has 0 atom stereocenters. The van der Waals surface area contributed by atoms with Crippen LogP contribution in [0.2, 0.25) is 0 Å². The summed E-state index contributed by atoms with van der Waals surface area (Å²) in [6.07, 6.45) is 2.31. The largest absolute Gasteiger partial charge is 0.482 e. The Labute approximate surface area is 148 Å². The van der Waals surface area contributed by atoms with E-state index < -0.39 is 0 Å². The van der Waals surface area contributed by atoms with E-state index in [1.807, 2.05) is 36.2 Å². The number of amides is 2.